The molecule has 2 heterocycles. The zero-order chi connectivity index (χ0) is 13.2. The van der Waals surface area contributed by atoms with Gasteiger partial charge in [-0.2, -0.15) is 0 Å². The Bertz CT molecular complexity index is 572. The van der Waals surface area contributed by atoms with E-state index in [-0.39, 0.29) is 17.8 Å². The highest BCUT2D eigenvalue weighted by Gasteiger charge is 2.26. The van der Waals surface area contributed by atoms with Gasteiger partial charge >= 0.3 is 0 Å². The fraction of sp³-hybridized carbons (Fsp3) is 0.267. The number of rotatable bonds is 3. The Morgan fingerprint density at radius 1 is 1.37 bits per heavy atom. The van der Waals surface area contributed by atoms with Crippen molar-refractivity contribution in [2.45, 2.75) is 19.0 Å². The summed E-state index contributed by atoms with van der Waals surface area (Å²) in [7, 11) is 0. The number of benzene rings is 1. The molecule has 0 bridgehead atoms. The highest BCUT2D eigenvalue weighted by molar-refractivity contribution is 5.44. The maximum atomic E-state index is 9.43. The third-order valence-corrected chi connectivity index (χ3v) is 3.36. The molecular weight excluding hydrogens is 240 g/mol. The molecule has 0 saturated heterocycles. The maximum Gasteiger partial charge on any atom is 0.127 e. The van der Waals surface area contributed by atoms with Crippen molar-refractivity contribution in [2.24, 2.45) is 0 Å². The summed E-state index contributed by atoms with van der Waals surface area (Å²) in [6, 6.07) is 11.4. The number of nitrogens with one attached hydrogen (secondary N) is 1. The van der Waals surface area contributed by atoms with Crippen LogP contribution in [-0.2, 0) is 0 Å². The predicted molar refractivity (Wildman–Crippen MR) is 72.1 cm³/mol. The van der Waals surface area contributed by atoms with E-state index < -0.39 is 0 Å². The molecule has 1 aromatic heterocycles. The summed E-state index contributed by atoms with van der Waals surface area (Å²) in [6.07, 6.45) is 1.80. The van der Waals surface area contributed by atoms with E-state index in [1.54, 1.807) is 18.3 Å². The molecule has 3 rings (SSSR count). The number of phenols is 1. The first-order chi connectivity index (χ1) is 9.24. The van der Waals surface area contributed by atoms with E-state index in [4.69, 9.17) is 4.74 Å². The van der Waals surface area contributed by atoms with Gasteiger partial charge in [0.2, 0.25) is 0 Å². The number of pyridine rings is 1. The van der Waals surface area contributed by atoms with Gasteiger partial charge in [0, 0.05) is 23.9 Å². The largest absolute Gasteiger partial charge is 0.508 e. The molecule has 98 valence electrons. The fourth-order valence-corrected chi connectivity index (χ4v) is 2.36. The van der Waals surface area contributed by atoms with Crippen LogP contribution in [0.5, 0.6) is 11.5 Å². The van der Waals surface area contributed by atoms with Gasteiger partial charge in [-0.1, -0.05) is 6.07 Å². The third-order valence-electron chi connectivity index (χ3n) is 3.36. The highest BCUT2D eigenvalue weighted by atomic mass is 16.5. The van der Waals surface area contributed by atoms with E-state index in [1.165, 1.54) is 0 Å². The molecule has 1 aromatic carbocycles. The lowest BCUT2D eigenvalue weighted by molar-refractivity contribution is 0.299. The Morgan fingerprint density at radius 2 is 2.26 bits per heavy atom. The van der Waals surface area contributed by atoms with Gasteiger partial charge in [0.05, 0.1) is 11.7 Å². The topological polar surface area (TPSA) is 54.4 Å². The van der Waals surface area contributed by atoms with Crippen LogP contribution in [0.2, 0.25) is 0 Å². The first-order valence-corrected chi connectivity index (χ1v) is 6.37. The van der Waals surface area contributed by atoms with Crippen molar-refractivity contribution in [3.63, 3.8) is 0 Å². The summed E-state index contributed by atoms with van der Waals surface area (Å²) < 4.78 is 5.59. The van der Waals surface area contributed by atoms with Crippen molar-refractivity contribution in [3.05, 3.63) is 53.9 Å². The standard InChI is InChI=1S/C15H16N2O2/c1-10(13-4-2-3-7-16-13)17-14-9-19-15-8-11(18)5-6-12(14)15/h2-8,10,14,17-18H,9H2,1H3/t10-,14?/m0/s1. The van der Waals surface area contributed by atoms with Crippen LogP contribution in [0.1, 0.15) is 30.3 Å². The Labute approximate surface area is 112 Å². The SMILES string of the molecule is C[C@H](NC1COc2cc(O)ccc21)c1ccccn1. The summed E-state index contributed by atoms with van der Waals surface area (Å²) in [6.45, 7) is 2.66. The molecule has 1 aliphatic heterocycles. The second-order valence-electron chi connectivity index (χ2n) is 4.73. The summed E-state index contributed by atoms with van der Waals surface area (Å²) in [4.78, 5) is 4.35. The number of phenolic OH excluding ortho intramolecular Hbond substituents is 1. The Kier molecular flexibility index (Phi) is 3.09. The van der Waals surface area contributed by atoms with Gasteiger partial charge in [0.1, 0.15) is 18.1 Å². The van der Waals surface area contributed by atoms with Gasteiger partial charge < -0.3 is 9.84 Å². The second-order valence-corrected chi connectivity index (χ2v) is 4.73. The molecule has 4 nitrogen and oxygen atoms in total. The van der Waals surface area contributed by atoms with Crippen LogP contribution < -0.4 is 10.1 Å². The van der Waals surface area contributed by atoms with Gasteiger partial charge in [0.25, 0.3) is 0 Å². The molecular formula is C15H16N2O2. The van der Waals surface area contributed by atoms with Crippen molar-refractivity contribution in [1.82, 2.24) is 10.3 Å². The molecule has 0 aliphatic carbocycles. The number of hydrogen-bond donors (Lipinski definition) is 2. The zero-order valence-corrected chi connectivity index (χ0v) is 10.7. The zero-order valence-electron chi connectivity index (χ0n) is 10.7. The van der Waals surface area contributed by atoms with Crippen LogP contribution in [0.25, 0.3) is 0 Å². The van der Waals surface area contributed by atoms with E-state index in [2.05, 4.69) is 17.2 Å². The van der Waals surface area contributed by atoms with Crippen LogP contribution in [0.15, 0.2) is 42.6 Å². The Balaban J connectivity index is 1.76. The number of aromatic nitrogens is 1. The smallest absolute Gasteiger partial charge is 0.127 e. The lowest BCUT2D eigenvalue weighted by atomic mass is 10.1. The molecule has 1 unspecified atom stereocenters. The van der Waals surface area contributed by atoms with Gasteiger partial charge in [-0.15, -0.1) is 0 Å². The summed E-state index contributed by atoms with van der Waals surface area (Å²) >= 11 is 0. The van der Waals surface area contributed by atoms with Gasteiger partial charge in [0.15, 0.2) is 0 Å². The van der Waals surface area contributed by atoms with Crippen molar-refractivity contribution >= 4 is 0 Å². The van der Waals surface area contributed by atoms with Crippen LogP contribution in [0, 0.1) is 0 Å². The van der Waals surface area contributed by atoms with Crippen molar-refractivity contribution in [1.29, 1.82) is 0 Å². The minimum atomic E-state index is 0.132. The van der Waals surface area contributed by atoms with Crippen molar-refractivity contribution in [3.8, 4) is 11.5 Å². The molecule has 1 aliphatic rings. The first-order valence-electron chi connectivity index (χ1n) is 6.37. The number of fused-ring (bicyclic) bond motifs is 1. The number of aromatic hydroxyl groups is 1. The average molecular weight is 256 g/mol. The van der Waals surface area contributed by atoms with Crippen LogP contribution in [0.3, 0.4) is 0 Å². The van der Waals surface area contributed by atoms with E-state index >= 15 is 0 Å². The van der Waals surface area contributed by atoms with E-state index in [1.807, 2.05) is 24.3 Å². The molecule has 0 fully saturated rings. The van der Waals surface area contributed by atoms with E-state index in [0.29, 0.717) is 6.61 Å². The monoisotopic (exact) mass is 256 g/mol. The van der Waals surface area contributed by atoms with Gasteiger partial charge in [-0.25, -0.2) is 0 Å². The van der Waals surface area contributed by atoms with Crippen LogP contribution in [-0.4, -0.2) is 16.7 Å². The number of hydrogen-bond acceptors (Lipinski definition) is 4. The van der Waals surface area contributed by atoms with E-state index in [0.717, 1.165) is 17.0 Å². The summed E-state index contributed by atoms with van der Waals surface area (Å²) in [5.74, 6) is 0.989. The molecule has 2 atom stereocenters. The lowest BCUT2D eigenvalue weighted by Crippen LogP contribution is -2.26. The highest BCUT2D eigenvalue weighted by Crippen LogP contribution is 2.35. The number of ether oxygens (including phenoxy) is 1. The Hall–Kier alpha value is -2.07. The molecule has 4 heteroatoms. The van der Waals surface area contributed by atoms with Crippen molar-refractivity contribution in [2.75, 3.05) is 6.61 Å². The minimum absolute atomic E-state index is 0.132. The fourth-order valence-electron chi connectivity index (χ4n) is 2.36. The Morgan fingerprint density at radius 3 is 3.05 bits per heavy atom. The lowest BCUT2D eigenvalue weighted by Gasteiger charge is -2.18. The average Bonchev–Trinajstić information content (AvgIpc) is 2.82. The molecule has 0 saturated carbocycles. The van der Waals surface area contributed by atoms with Crippen LogP contribution >= 0.6 is 0 Å². The molecule has 2 N–H and O–H groups in total. The second kappa shape index (κ2) is 4.90. The van der Waals surface area contributed by atoms with Gasteiger partial charge in [-0.3, -0.25) is 10.3 Å². The summed E-state index contributed by atoms with van der Waals surface area (Å²) in [5.41, 5.74) is 2.09. The predicted octanol–water partition coefficient (Wildman–Crippen LogP) is 2.57. The molecule has 2 aromatic rings. The molecule has 0 radical (unpaired) electrons. The van der Waals surface area contributed by atoms with Crippen LogP contribution in [0.4, 0.5) is 0 Å². The van der Waals surface area contributed by atoms with Crippen molar-refractivity contribution < 1.29 is 9.84 Å². The normalized spacial score (nSPS) is 18.7. The molecule has 0 amide bonds. The van der Waals surface area contributed by atoms with E-state index in [9.17, 15) is 5.11 Å². The first kappa shape index (κ1) is 12.0. The molecule has 19 heavy (non-hydrogen) atoms. The quantitative estimate of drug-likeness (QED) is 0.886. The van der Waals surface area contributed by atoms with Gasteiger partial charge in [-0.05, 0) is 31.2 Å². The minimum Gasteiger partial charge on any atom is -0.508 e. The molecule has 0 spiro atoms. The third kappa shape index (κ3) is 2.39. The summed E-state index contributed by atoms with van der Waals surface area (Å²) in [5, 5.41) is 12.9. The maximum absolute atomic E-state index is 9.43. The number of nitrogens with zero attached hydrogens (tertiary/aromatic N) is 1.